The monoisotopic (exact) mass is 402 g/mol. The first-order chi connectivity index (χ1) is 13.1. The van der Waals surface area contributed by atoms with Gasteiger partial charge < -0.3 is 9.31 Å². The number of hydrogen-bond acceptors (Lipinski definition) is 4. The lowest BCUT2D eigenvalue weighted by molar-refractivity contribution is -0.109. The van der Waals surface area contributed by atoms with E-state index in [9.17, 15) is 4.79 Å². The van der Waals surface area contributed by atoms with E-state index in [0.29, 0.717) is 5.75 Å². The molecule has 3 nitrogen and oxygen atoms in total. The molecular formula is C23H35BO3S. The highest BCUT2D eigenvalue weighted by atomic mass is 32.2. The molecule has 1 aliphatic heterocycles. The van der Waals surface area contributed by atoms with Crippen LogP contribution in [0, 0.1) is 0 Å². The Labute approximate surface area is 175 Å². The molecule has 0 aliphatic carbocycles. The van der Waals surface area contributed by atoms with Crippen molar-refractivity contribution in [2.45, 2.75) is 84.8 Å². The fourth-order valence-corrected chi connectivity index (χ4v) is 3.70. The number of rotatable bonds is 9. The van der Waals surface area contributed by atoms with Gasteiger partial charge in [-0.1, -0.05) is 68.3 Å². The smallest absolute Gasteiger partial charge is 0.400 e. The molecule has 1 aromatic rings. The molecule has 154 valence electrons. The maximum absolute atomic E-state index is 11.5. The topological polar surface area (TPSA) is 35.5 Å². The minimum absolute atomic E-state index is 0.102. The Morgan fingerprint density at radius 3 is 2.18 bits per heavy atom. The highest BCUT2D eigenvalue weighted by Crippen LogP contribution is 2.39. The molecule has 1 fully saturated rings. The Balaban J connectivity index is 2.12. The van der Waals surface area contributed by atoms with Crippen molar-refractivity contribution >= 4 is 30.1 Å². The van der Waals surface area contributed by atoms with E-state index in [2.05, 4.69) is 65.0 Å². The summed E-state index contributed by atoms with van der Waals surface area (Å²) >= 11 is 1.30. The second-order valence-electron chi connectivity index (χ2n) is 8.64. The SMILES string of the molecule is CCCCCCc1ccc(C=C(CSC(C)=O)B2OC(C)(C)C(C)(C)O2)cc1. The minimum atomic E-state index is -0.425. The molecule has 0 N–H and O–H groups in total. The first-order valence-corrected chi connectivity index (χ1v) is 11.4. The van der Waals surface area contributed by atoms with Gasteiger partial charge in [-0.25, -0.2) is 0 Å². The lowest BCUT2D eigenvalue weighted by Gasteiger charge is -2.32. The van der Waals surface area contributed by atoms with Crippen LogP contribution in [0.4, 0.5) is 0 Å². The van der Waals surface area contributed by atoms with Crippen LogP contribution in [0.1, 0.15) is 78.4 Å². The highest BCUT2D eigenvalue weighted by Gasteiger charge is 2.52. The molecular weight excluding hydrogens is 367 g/mol. The van der Waals surface area contributed by atoms with E-state index in [-0.39, 0.29) is 16.3 Å². The molecule has 1 saturated heterocycles. The van der Waals surface area contributed by atoms with E-state index in [0.717, 1.165) is 17.5 Å². The molecule has 2 rings (SSSR count). The molecule has 1 aliphatic rings. The average Bonchev–Trinajstić information content (AvgIpc) is 2.84. The predicted octanol–water partition coefficient (Wildman–Crippen LogP) is 6.10. The molecule has 0 atom stereocenters. The summed E-state index contributed by atoms with van der Waals surface area (Å²) in [7, 11) is -0.425. The third-order valence-electron chi connectivity index (χ3n) is 5.65. The van der Waals surface area contributed by atoms with Crippen molar-refractivity contribution in [3.8, 4) is 0 Å². The van der Waals surface area contributed by atoms with Gasteiger partial charge in [-0.15, -0.1) is 0 Å². The Kier molecular flexibility index (Phi) is 8.41. The highest BCUT2D eigenvalue weighted by molar-refractivity contribution is 8.13. The van der Waals surface area contributed by atoms with Gasteiger partial charge in [-0.05, 0) is 57.1 Å². The van der Waals surface area contributed by atoms with Crippen LogP contribution in [0.3, 0.4) is 0 Å². The fourth-order valence-electron chi connectivity index (χ4n) is 3.11. The van der Waals surface area contributed by atoms with E-state index >= 15 is 0 Å². The van der Waals surface area contributed by atoms with Crippen LogP contribution >= 0.6 is 11.8 Å². The van der Waals surface area contributed by atoms with Gasteiger partial charge in [0.15, 0.2) is 5.12 Å². The number of benzene rings is 1. The summed E-state index contributed by atoms with van der Waals surface area (Å²) in [5.74, 6) is 0.574. The molecule has 0 radical (unpaired) electrons. The van der Waals surface area contributed by atoms with Crippen LogP contribution in [0.15, 0.2) is 29.7 Å². The molecule has 0 bridgehead atoms. The van der Waals surface area contributed by atoms with E-state index in [1.807, 2.05) is 0 Å². The first kappa shape index (κ1) is 23.2. The van der Waals surface area contributed by atoms with Crippen LogP contribution in [-0.2, 0) is 20.5 Å². The van der Waals surface area contributed by atoms with Crippen molar-refractivity contribution in [2.24, 2.45) is 0 Å². The molecule has 1 aromatic carbocycles. The Hall–Kier alpha value is -1.04. The number of carbonyl (C=O) groups excluding carboxylic acids is 1. The number of hydrogen-bond donors (Lipinski definition) is 0. The van der Waals surface area contributed by atoms with Crippen LogP contribution in [0.2, 0.25) is 0 Å². The normalized spacial score (nSPS) is 18.5. The molecule has 5 heteroatoms. The zero-order valence-corrected chi connectivity index (χ0v) is 19.2. The van der Waals surface area contributed by atoms with E-state index in [1.165, 1.54) is 43.0 Å². The third-order valence-corrected chi connectivity index (χ3v) is 6.53. The lowest BCUT2D eigenvalue weighted by Crippen LogP contribution is -2.41. The Morgan fingerprint density at radius 1 is 1.04 bits per heavy atom. The second-order valence-corrected chi connectivity index (χ2v) is 9.79. The van der Waals surface area contributed by atoms with Crippen molar-refractivity contribution in [1.29, 1.82) is 0 Å². The molecule has 28 heavy (non-hydrogen) atoms. The summed E-state index contributed by atoms with van der Waals surface area (Å²) < 4.78 is 12.4. The van der Waals surface area contributed by atoms with Crippen LogP contribution < -0.4 is 0 Å². The molecule has 1 heterocycles. The second kappa shape index (κ2) is 10.1. The Morgan fingerprint density at radius 2 is 1.64 bits per heavy atom. The average molecular weight is 402 g/mol. The molecule has 0 aromatic heterocycles. The standard InChI is InChI=1S/C23H35BO3S/c1-7-8-9-10-11-19-12-14-20(15-13-19)16-21(17-28-18(2)25)24-26-22(3,4)23(5,6)27-24/h12-16H,7-11,17H2,1-6H3. The summed E-state index contributed by atoms with van der Waals surface area (Å²) in [5, 5.41) is 0.102. The molecule has 0 spiro atoms. The van der Waals surface area contributed by atoms with Gasteiger partial charge >= 0.3 is 7.12 Å². The third kappa shape index (κ3) is 6.50. The van der Waals surface area contributed by atoms with E-state index in [1.54, 1.807) is 6.92 Å². The maximum Gasteiger partial charge on any atom is 0.491 e. The van der Waals surface area contributed by atoms with Crippen molar-refractivity contribution in [3.05, 3.63) is 40.9 Å². The summed E-state index contributed by atoms with van der Waals surface area (Å²) in [4.78, 5) is 11.5. The van der Waals surface area contributed by atoms with Gasteiger partial charge in [-0.3, -0.25) is 4.79 Å². The van der Waals surface area contributed by atoms with Gasteiger partial charge in [0.05, 0.1) is 11.2 Å². The number of carbonyl (C=O) groups is 1. The zero-order valence-electron chi connectivity index (χ0n) is 18.3. The van der Waals surface area contributed by atoms with Gasteiger partial charge in [0.2, 0.25) is 0 Å². The van der Waals surface area contributed by atoms with Gasteiger partial charge in [0.25, 0.3) is 0 Å². The zero-order chi connectivity index (χ0) is 20.8. The van der Waals surface area contributed by atoms with Gasteiger partial charge in [0, 0.05) is 12.7 Å². The van der Waals surface area contributed by atoms with Crippen molar-refractivity contribution in [1.82, 2.24) is 0 Å². The van der Waals surface area contributed by atoms with E-state index < -0.39 is 7.12 Å². The summed E-state index contributed by atoms with van der Waals surface area (Å²) in [6, 6.07) is 8.72. The summed E-state index contributed by atoms with van der Waals surface area (Å²) in [6.45, 7) is 12.0. The minimum Gasteiger partial charge on any atom is -0.400 e. The van der Waals surface area contributed by atoms with Crippen LogP contribution in [0.5, 0.6) is 0 Å². The molecule has 0 saturated carbocycles. The van der Waals surface area contributed by atoms with Crippen molar-refractivity contribution in [2.75, 3.05) is 5.75 Å². The maximum atomic E-state index is 11.5. The quantitative estimate of drug-likeness (QED) is 0.369. The summed E-state index contributed by atoms with van der Waals surface area (Å²) in [5.41, 5.74) is 2.71. The number of aryl methyl sites for hydroxylation is 1. The van der Waals surface area contributed by atoms with Crippen molar-refractivity contribution in [3.63, 3.8) is 0 Å². The number of thioether (sulfide) groups is 1. The molecule has 0 unspecified atom stereocenters. The summed E-state index contributed by atoms with van der Waals surface area (Å²) in [6.07, 6.45) is 8.37. The van der Waals surface area contributed by atoms with Crippen molar-refractivity contribution < 1.29 is 14.1 Å². The molecule has 0 amide bonds. The van der Waals surface area contributed by atoms with Gasteiger partial charge in [-0.2, -0.15) is 0 Å². The first-order valence-electron chi connectivity index (χ1n) is 10.4. The number of unbranched alkanes of at least 4 members (excludes halogenated alkanes) is 3. The Bertz CT molecular complexity index is 664. The lowest BCUT2D eigenvalue weighted by atomic mass is 9.78. The van der Waals surface area contributed by atoms with Crippen LogP contribution in [0.25, 0.3) is 6.08 Å². The predicted molar refractivity (Wildman–Crippen MR) is 121 cm³/mol. The van der Waals surface area contributed by atoms with E-state index in [4.69, 9.17) is 9.31 Å². The largest absolute Gasteiger partial charge is 0.491 e. The fraction of sp³-hybridized carbons (Fsp3) is 0.609. The van der Waals surface area contributed by atoms with Crippen LogP contribution in [-0.4, -0.2) is 29.2 Å². The van der Waals surface area contributed by atoms with Gasteiger partial charge in [0.1, 0.15) is 0 Å².